The summed E-state index contributed by atoms with van der Waals surface area (Å²) < 4.78 is 2.11. The average molecular weight is 268 g/mol. The highest BCUT2D eigenvalue weighted by molar-refractivity contribution is 6.23. The first-order chi connectivity index (χ1) is 9.38. The van der Waals surface area contributed by atoms with Gasteiger partial charge in [-0.2, -0.15) is 0 Å². The van der Waals surface area contributed by atoms with Crippen molar-refractivity contribution in [1.82, 2.24) is 4.57 Å². The van der Waals surface area contributed by atoms with Gasteiger partial charge in [0.1, 0.15) is 0 Å². The summed E-state index contributed by atoms with van der Waals surface area (Å²) >= 11 is 0. The first-order valence-electron chi connectivity index (χ1n) is 6.63. The summed E-state index contributed by atoms with van der Waals surface area (Å²) in [6.07, 6.45) is 5.86. The van der Waals surface area contributed by atoms with E-state index < -0.39 is 5.91 Å². The topological polar surface area (TPSA) is 48.0 Å². The summed E-state index contributed by atoms with van der Waals surface area (Å²) in [6, 6.07) is 11.5. The predicted octanol–water partition coefficient (Wildman–Crippen LogP) is 3.27. The highest BCUT2D eigenvalue weighted by atomic mass is 16.1. The Morgan fingerprint density at radius 3 is 2.30 bits per heavy atom. The molecule has 0 aliphatic carbocycles. The lowest BCUT2D eigenvalue weighted by Crippen LogP contribution is -2.19. The van der Waals surface area contributed by atoms with Crippen molar-refractivity contribution in [3.63, 3.8) is 0 Å². The van der Waals surface area contributed by atoms with Crippen molar-refractivity contribution in [2.75, 3.05) is 0 Å². The van der Waals surface area contributed by atoms with Crippen LogP contribution in [0.2, 0.25) is 0 Å². The van der Waals surface area contributed by atoms with E-state index in [9.17, 15) is 4.79 Å². The van der Waals surface area contributed by atoms with E-state index in [0.717, 1.165) is 11.1 Å². The third-order valence-corrected chi connectivity index (χ3v) is 3.15. The SMILES string of the molecule is CC(C)(C)n1ccc(C=C(C(N)=O)c2ccccc2)c1. The van der Waals surface area contributed by atoms with Gasteiger partial charge in [-0.3, -0.25) is 4.79 Å². The molecule has 0 spiro atoms. The van der Waals surface area contributed by atoms with Gasteiger partial charge in [-0.1, -0.05) is 30.3 Å². The van der Waals surface area contributed by atoms with Crippen molar-refractivity contribution in [1.29, 1.82) is 0 Å². The molecule has 0 atom stereocenters. The van der Waals surface area contributed by atoms with Crippen molar-refractivity contribution >= 4 is 17.6 Å². The molecule has 2 N–H and O–H groups in total. The number of benzene rings is 1. The molecule has 0 bridgehead atoms. The van der Waals surface area contributed by atoms with Crippen LogP contribution in [0.25, 0.3) is 11.6 Å². The van der Waals surface area contributed by atoms with Crippen LogP contribution in [0.4, 0.5) is 0 Å². The van der Waals surface area contributed by atoms with E-state index in [4.69, 9.17) is 5.73 Å². The number of nitrogens with two attached hydrogens (primary N) is 1. The van der Waals surface area contributed by atoms with Gasteiger partial charge in [-0.25, -0.2) is 0 Å². The quantitative estimate of drug-likeness (QED) is 0.853. The maximum absolute atomic E-state index is 11.7. The Morgan fingerprint density at radius 1 is 1.15 bits per heavy atom. The predicted molar refractivity (Wildman–Crippen MR) is 82.9 cm³/mol. The van der Waals surface area contributed by atoms with Crippen LogP contribution in [-0.4, -0.2) is 10.5 Å². The van der Waals surface area contributed by atoms with E-state index >= 15 is 0 Å². The molecule has 0 aliphatic heterocycles. The molecule has 0 saturated heterocycles. The minimum atomic E-state index is -0.417. The second-order valence-corrected chi connectivity index (χ2v) is 5.81. The van der Waals surface area contributed by atoms with E-state index in [1.807, 2.05) is 54.9 Å². The molecule has 1 aromatic carbocycles. The van der Waals surface area contributed by atoms with E-state index in [1.165, 1.54) is 0 Å². The number of hydrogen-bond donors (Lipinski definition) is 1. The Labute approximate surface area is 119 Å². The Kier molecular flexibility index (Phi) is 3.79. The Hall–Kier alpha value is -2.29. The van der Waals surface area contributed by atoms with Gasteiger partial charge in [0.15, 0.2) is 0 Å². The van der Waals surface area contributed by atoms with Crippen molar-refractivity contribution in [3.05, 3.63) is 59.9 Å². The van der Waals surface area contributed by atoms with E-state index in [0.29, 0.717) is 5.57 Å². The highest BCUT2D eigenvalue weighted by Gasteiger charge is 2.13. The van der Waals surface area contributed by atoms with Crippen LogP contribution in [0.1, 0.15) is 31.9 Å². The molecule has 1 heterocycles. The van der Waals surface area contributed by atoms with Crippen LogP contribution in [0.5, 0.6) is 0 Å². The minimum absolute atomic E-state index is 0.0196. The number of hydrogen-bond acceptors (Lipinski definition) is 1. The first-order valence-corrected chi connectivity index (χ1v) is 6.63. The molecule has 3 nitrogen and oxygen atoms in total. The van der Waals surface area contributed by atoms with E-state index in [2.05, 4.69) is 25.3 Å². The summed E-state index contributed by atoms with van der Waals surface area (Å²) in [5.74, 6) is -0.417. The van der Waals surface area contributed by atoms with Gasteiger partial charge in [0, 0.05) is 23.5 Å². The Bertz CT molecular complexity index is 631. The number of nitrogens with zero attached hydrogens (tertiary/aromatic N) is 1. The summed E-state index contributed by atoms with van der Waals surface area (Å²) in [6.45, 7) is 6.39. The lowest BCUT2D eigenvalue weighted by atomic mass is 10.0. The molecule has 1 amide bonds. The molecule has 0 unspecified atom stereocenters. The molecule has 2 rings (SSSR count). The minimum Gasteiger partial charge on any atom is -0.366 e. The molecule has 0 aliphatic rings. The Balaban J connectivity index is 2.40. The molecule has 0 fully saturated rings. The molecule has 0 saturated carbocycles. The van der Waals surface area contributed by atoms with Crippen molar-refractivity contribution in [2.24, 2.45) is 5.73 Å². The van der Waals surface area contributed by atoms with E-state index in [-0.39, 0.29) is 5.54 Å². The van der Waals surface area contributed by atoms with Gasteiger partial charge in [-0.15, -0.1) is 0 Å². The molecule has 1 aromatic heterocycles. The zero-order valence-corrected chi connectivity index (χ0v) is 12.1. The first kappa shape index (κ1) is 14.1. The highest BCUT2D eigenvalue weighted by Crippen LogP contribution is 2.21. The van der Waals surface area contributed by atoms with Gasteiger partial charge in [0.2, 0.25) is 5.91 Å². The maximum atomic E-state index is 11.7. The van der Waals surface area contributed by atoms with Crippen molar-refractivity contribution in [3.8, 4) is 0 Å². The van der Waals surface area contributed by atoms with Gasteiger partial charge in [0.05, 0.1) is 0 Å². The molecule has 3 heteroatoms. The second kappa shape index (κ2) is 5.37. The third-order valence-electron chi connectivity index (χ3n) is 3.15. The second-order valence-electron chi connectivity index (χ2n) is 5.81. The lowest BCUT2D eigenvalue weighted by Gasteiger charge is -2.20. The molecule has 2 aromatic rings. The lowest BCUT2D eigenvalue weighted by molar-refractivity contribution is -0.112. The Morgan fingerprint density at radius 2 is 1.80 bits per heavy atom. The molecule has 20 heavy (non-hydrogen) atoms. The van der Waals surface area contributed by atoms with Crippen LogP contribution < -0.4 is 5.73 Å². The summed E-state index contributed by atoms with van der Waals surface area (Å²) in [5.41, 5.74) is 7.85. The van der Waals surface area contributed by atoms with Crippen LogP contribution in [0.15, 0.2) is 48.8 Å². The molecular formula is C17H20N2O. The zero-order chi connectivity index (χ0) is 14.8. The number of rotatable bonds is 3. The zero-order valence-electron chi connectivity index (χ0n) is 12.1. The maximum Gasteiger partial charge on any atom is 0.249 e. The van der Waals surface area contributed by atoms with Crippen LogP contribution in [0.3, 0.4) is 0 Å². The number of carbonyl (C=O) groups excluding carboxylic acids is 1. The smallest absolute Gasteiger partial charge is 0.249 e. The molecule has 104 valence electrons. The monoisotopic (exact) mass is 268 g/mol. The average Bonchev–Trinajstić information content (AvgIpc) is 2.85. The largest absolute Gasteiger partial charge is 0.366 e. The van der Waals surface area contributed by atoms with Gasteiger partial charge < -0.3 is 10.3 Å². The fourth-order valence-electron chi connectivity index (χ4n) is 2.00. The molecule has 0 radical (unpaired) electrons. The van der Waals surface area contributed by atoms with Gasteiger partial charge >= 0.3 is 0 Å². The normalized spacial score (nSPS) is 12.4. The van der Waals surface area contributed by atoms with Crippen LogP contribution >= 0.6 is 0 Å². The van der Waals surface area contributed by atoms with Crippen LogP contribution in [-0.2, 0) is 10.3 Å². The fourth-order valence-corrected chi connectivity index (χ4v) is 2.00. The number of aromatic nitrogens is 1. The van der Waals surface area contributed by atoms with Crippen LogP contribution in [0, 0.1) is 0 Å². The number of primary amides is 1. The number of amides is 1. The number of carbonyl (C=O) groups is 1. The van der Waals surface area contributed by atoms with Crippen molar-refractivity contribution < 1.29 is 4.79 Å². The van der Waals surface area contributed by atoms with Crippen molar-refractivity contribution in [2.45, 2.75) is 26.3 Å². The fraction of sp³-hybridized carbons (Fsp3) is 0.235. The van der Waals surface area contributed by atoms with Gasteiger partial charge in [-0.05, 0) is 44.0 Å². The third kappa shape index (κ3) is 3.18. The van der Waals surface area contributed by atoms with Gasteiger partial charge in [0.25, 0.3) is 0 Å². The summed E-state index contributed by atoms with van der Waals surface area (Å²) in [4.78, 5) is 11.7. The summed E-state index contributed by atoms with van der Waals surface area (Å²) in [7, 11) is 0. The summed E-state index contributed by atoms with van der Waals surface area (Å²) in [5, 5.41) is 0. The van der Waals surface area contributed by atoms with E-state index in [1.54, 1.807) is 0 Å². The molecular weight excluding hydrogens is 248 g/mol. The standard InChI is InChI=1S/C17H20N2O/c1-17(2,3)19-10-9-13(12-19)11-15(16(18)20)14-7-5-4-6-8-14/h4-12H,1-3H3,(H2,18,20).